The molecule has 1 fully saturated rings. The first-order chi connectivity index (χ1) is 7.68. The van der Waals surface area contributed by atoms with Crippen molar-refractivity contribution in [3.8, 4) is 0 Å². The third-order valence-electron chi connectivity index (χ3n) is 2.97. The van der Waals surface area contributed by atoms with Gasteiger partial charge in [0.05, 0.1) is 32.0 Å². The van der Waals surface area contributed by atoms with Crippen LogP contribution in [0.1, 0.15) is 41.5 Å². The van der Waals surface area contributed by atoms with Gasteiger partial charge in [0, 0.05) is 5.92 Å². The van der Waals surface area contributed by atoms with E-state index in [-0.39, 0.29) is 11.0 Å². The molecule has 0 aromatic heterocycles. The van der Waals surface area contributed by atoms with Crippen molar-refractivity contribution >= 4 is 0 Å². The summed E-state index contributed by atoms with van der Waals surface area (Å²) in [4.78, 5) is 0. The molecule has 1 aliphatic rings. The fourth-order valence-corrected chi connectivity index (χ4v) is 1.40. The monoisotopic (exact) mass is 244 g/mol. The Morgan fingerprint density at radius 2 is 1.71 bits per heavy atom. The van der Waals surface area contributed by atoms with Crippen LogP contribution in [0, 0.1) is 11.3 Å². The van der Waals surface area contributed by atoms with Gasteiger partial charge in [0.15, 0.2) is 0 Å². The van der Waals surface area contributed by atoms with Crippen LogP contribution in [0.2, 0.25) is 0 Å². The van der Waals surface area contributed by atoms with Crippen molar-refractivity contribution in [2.24, 2.45) is 11.3 Å². The van der Waals surface area contributed by atoms with Crippen LogP contribution in [0.5, 0.6) is 0 Å². The molecule has 0 N–H and O–H groups in total. The first-order valence-corrected chi connectivity index (χ1v) is 6.52. The Kier molecular flexibility index (Phi) is 4.99. The van der Waals surface area contributed by atoms with Crippen LogP contribution in [0.15, 0.2) is 0 Å². The van der Waals surface area contributed by atoms with Crippen LogP contribution in [0.4, 0.5) is 0 Å². The average molecular weight is 244 g/mol. The van der Waals surface area contributed by atoms with Crippen LogP contribution in [-0.4, -0.2) is 38.1 Å². The van der Waals surface area contributed by atoms with E-state index in [4.69, 9.17) is 14.2 Å². The maximum Gasteiger partial charge on any atom is 0.104 e. The third-order valence-corrected chi connectivity index (χ3v) is 2.97. The highest BCUT2D eigenvalue weighted by molar-refractivity contribution is 4.76. The third kappa shape index (κ3) is 7.02. The summed E-state index contributed by atoms with van der Waals surface area (Å²) in [5.74, 6) is 0.417. The summed E-state index contributed by atoms with van der Waals surface area (Å²) in [7, 11) is 0. The highest BCUT2D eigenvalue weighted by atomic mass is 16.6. The van der Waals surface area contributed by atoms with Gasteiger partial charge in [0.1, 0.15) is 6.10 Å². The standard InChI is InChI=1S/C14H28O3/c1-13(2,3)11(8-17-14(4,5)6)7-15-9-12-10-16-12/h11-12H,7-10H2,1-6H3. The molecule has 1 rings (SSSR count). The summed E-state index contributed by atoms with van der Waals surface area (Å²) in [6.07, 6.45) is 0.346. The summed E-state index contributed by atoms with van der Waals surface area (Å²) in [5.41, 5.74) is 0.124. The van der Waals surface area contributed by atoms with E-state index >= 15 is 0 Å². The van der Waals surface area contributed by atoms with Crippen LogP contribution in [0.25, 0.3) is 0 Å². The van der Waals surface area contributed by atoms with E-state index in [0.29, 0.717) is 12.0 Å². The van der Waals surface area contributed by atoms with Gasteiger partial charge in [-0.05, 0) is 26.2 Å². The second-order valence-corrected chi connectivity index (χ2v) is 6.98. The van der Waals surface area contributed by atoms with Gasteiger partial charge >= 0.3 is 0 Å². The van der Waals surface area contributed by atoms with Crippen LogP contribution >= 0.6 is 0 Å². The van der Waals surface area contributed by atoms with E-state index in [0.717, 1.165) is 26.4 Å². The molecule has 0 saturated carbocycles. The molecule has 1 heterocycles. The summed E-state index contributed by atoms with van der Waals surface area (Å²) in [5, 5.41) is 0. The van der Waals surface area contributed by atoms with Gasteiger partial charge in [-0.2, -0.15) is 0 Å². The van der Waals surface area contributed by atoms with Crippen molar-refractivity contribution in [1.82, 2.24) is 0 Å². The number of hydrogen-bond acceptors (Lipinski definition) is 3. The molecule has 0 spiro atoms. The molecule has 0 bridgehead atoms. The number of hydrogen-bond donors (Lipinski definition) is 0. The first-order valence-electron chi connectivity index (χ1n) is 6.52. The Hall–Kier alpha value is -0.120. The van der Waals surface area contributed by atoms with Gasteiger partial charge in [-0.1, -0.05) is 20.8 Å². The van der Waals surface area contributed by atoms with Crippen molar-refractivity contribution in [3.05, 3.63) is 0 Å². The molecule has 2 atom stereocenters. The molecule has 0 aliphatic carbocycles. The molecule has 3 heteroatoms. The molecule has 2 unspecified atom stereocenters. The maximum absolute atomic E-state index is 5.88. The lowest BCUT2D eigenvalue weighted by molar-refractivity contribution is -0.0646. The van der Waals surface area contributed by atoms with Crippen LogP contribution < -0.4 is 0 Å². The quantitative estimate of drug-likeness (QED) is 0.673. The largest absolute Gasteiger partial charge is 0.378 e. The fraction of sp³-hybridized carbons (Fsp3) is 1.00. The maximum atomic E-state index is 5.88. The minimum atomic E-state index is -0.0803. The minimum absolute atomic E-state index is 0.0803. The zero-order chi connectivity index (χ0) is 13.1. The number of ether oxygens (including phenoxy) is 3. The molecule has 0 aromatic rings. The van der Waals surface area contributed by atoms with E-state index in [1.807, 2.05) is 0 Å². The molecule has 17 heavy (non-hydrogen) atoms. The molecule has 102 valence electrons. The van der Waals surface area contributed by atoms with Gasteiger partial charge in [-0.25, -0.2) is 0 Å². The Morgan fingerprint density at radius 3 is 2.12 bits per heavy atom. The fourth-order valence-electron chi connectivity index (χ4n) is 1.40. The normalized spacial score (nSPS) is 22.6. The van der Waals surface area contributed by atoms with E-state index in [1.54, 1.807) is 0 Å². The summed E-state index contributed by atoms with van der Waals surface area (Å²) in [6.45, 7) is 16.1. The molecular formula is C14H28O3. The van der Waals surface area contributed by atoms with Gasteiger partial charge in [-0.15, -0.1) is 0 Å². The van der Waals surface area contributed by atoms with E-state index in [9.17, 15) is 0 Å². The molecule has 1 saturated heterocycles. The highest BCUT2D eigenvalue weighted by Crippen LogP contribution is 2.28. The van der Waals surface area contributed by atoms with E-state index in [1.165, 1.54) is 0 Å². The van der Waals surface area contributed by atoms with Gasteiger partial charge < -0.3 is 14.2 Å². The second-order valence-electron chi connectivity index (χ2n) is 6.98. The summed E-state index contributed by atoms with van der Waals surface area (Å²) in [6, 6.07) is 0. The zero-order valence-corrected chi connectivity index (χ0v) is 12.2. The van der Waals surface area contributed by atoms with Gasteiger partial charge in [0.2, 0.25) is 0 Å². The minimum Gasteiger partial charge on any atom is -0.378 e. The lowest BCUT2D eigenvalue weighted by Crippen LogP contribution is -2.33. The van der Waals surface area contributed by atoms with Gasteiger partial charge in [-0.3, -0.25) is 0 Å². The molecule has 3 nitrogen and oxygen atoms in total. The highest BCUT2D eigenvalue weighted by Gasteiger charge is 2.28. The zero-order valence-electron chi connectivity index (χ0n) is 12.2. The van der Waals surface area contributed by atoms with Crippen LogP contribution in [0.3, 0.4) is 0 Å². The number of epoxide rings is 1. The Bertz CT molecular complexity index is 221. The lowest BCUT2D eigenvalue weighted by Gasteiger charge is -2.33. The summed E-state index contributed by atoms with van der Waals surface area (Å²) < 4.78 is 16.7. The first kappa shape index (κ1) is 14.9. The summed E-state index contributed by atoms with van der Waals surface area (Å²) >= 11 is 0. The van der Waals surface area contributed by atoms with Crippen molar-refractivity contribution < 1.29 is 14.2 Å². The van der Waals surface area contributed by atoms with Crippen molar-refractivity contribution in [1.29, 1.82) is 0 Å². The number of rotatable bonds is 6. The molecular weight excluding hydrogens is 216 g/mol. The van der Waals surface area contributed by atoms with Crippen molar-refractivity contribution in [2.75, 3.05) is 26.4 Å². The second kappa shape index (κ2) is 5.68. The lowest BCUT2D eigenvalue weighted by atomic mass is 9.81. The molecule has 0 radical (unpaired) electrons. The van der Waals surface area contributed by atoms with E-state index < -0.39 is 0 Å². The predicted molar refractivity (Wildman–Crippen MR) is 69.2 cm³/mol. The Labute approximate surface area is 106 Å². The smallest absolute Gasteiger partial charge is 0.104 e. The van der Waals surface area contributed by atoms with Crippen molar-refractivity contribution in [2.45, 2.75) is 53.2 Å². The molecule has 0 amide bonds. The Balaban J connectivity index is 2.31. The average Bonchev–Trinajstić information content (AvgIpc) is 2.90. The molecule has 0 aromatic carbocycles. The van der Waals surface area contributed by atoms with Gasteiger partial charge in [0.25, 0.3) is 0 Å². The topological polar surface area (TPSA) is 31.0 Å². The van der Waals surface area contributed by atoms with Crippen LogP contribution in [-0.2, 0) is 14.2 Å². The predicted octanol–water partition coefficient (Wildman–Crippen LogP) is 2.88. The molecule has 1 aliphatic heterocycles. The Morgan fingerprint density at radius 1 is 1.12 bits per heavy atom. The van der Waals surface area contributed by atoms with E-state index in [2.05, 4.69) is 41.5 Å². The van der Waals surface area contributed by atoms with Crippen molar-refractivity contribution in [3.63, 3.8) is 0 Å². The SMILES string of the molecule is CC(C)(C)OCC(COCC1CO1)C(C)(C)C.